The molecule has 2 aromatic carbocycles. The smallest absolute Gasteiger partial charge is 0.260 e. The van der Waals surface area contributed by atoms with Crippen molar-refractivity contribution < 1.29 is 9.59 Å². The Morgan fingerprint density at radius 3 is 2.48 bits per heavy atom. The summed E-state index contributed by atoms with van der Waals surface area (Å²) in [7, 11) is 0. The van der Waals surface area contributed by atoms with E-state index in [0.29, 0.717) is 22.5 Å². The normalized spacial score (nSPS) is 14.8. The highest BCUT2D eigenvalue weighted by molar-refractivity contribution is 9.10. The summed E-state index contributed by atoms with van der Waals surface area (Å²) in [6.07, 6.45) is 0.307. The Hall–Kier alpha value is -1.56. The van der Waals surface area contributed by atoms with Crippen LogP contribution < -0.4 is 0 Å². The second-order valence-electron chi connectivity index (χ2n) is 5.18. The van der Waals surface area contributed by atoms with Crippen LogP contribution in [0.2, 0.25) is 0 Å². The van der Waals surface area contributed by atoms with Gasteiger partial charge in [0.25, 0.3) is 5.91 Å². The summed E-state index contributed by atoms with van der Waals surface area (Å²) >= 11 is 14.6. The lowest BCUT2D eigenvalue weighted by Crippen LogP contribution is -2.44. The van der Waals surface area contributed by atoms with E-state index in [9.17, 15) is 9.59 Å². The molecule has 2 aromatic rings. The Labute approximate surface area is 152 Å². The zero-order valence-corrected chi connectivity index (χ0v) is 15.0. The summed E-state index contributed by atoms with van der Waals surface area (Å²) in [5.41, 5.74) is 2.07. The van der Waals surface area contributed by atoms with Gasteiger partial charge in [-0.15, -0.1) is 0 Å². The Balaban J connectivity index is 1.95. The molecule has 0 radical (unpaired) electrons. The standard InChI is InChI=1S/C17H11BrClNO2S/c18-11-5-3-4-10(8-11)9-14(15(19)21)20-16(22)12-6-1-2-7-13(12)17(20)23/h1-8,14H,9H2. The number of amides is 1. The van der Waals surface area contributed by atoms with E-state index in [1.165, 1.54) is 4.90 Å². The third-order valence-electron chi connectivity index (χ3n) is 3.72. The average Bonchev–Trinajstić information content (AvgIpc) is 2.77. The van der Waals surface area contributed by atoms with Crippen molar-refractivity contribution in [1.29, 1.82) is 0 Å². The molecule has 1 heterocycles. The highest BCUT2D eigenvalue weighted by Gasteiger charge is 2.39. The number of hydrogen-bond donors (Lipinski definition) is 0. The number of nitrogens with zero attached hydrogens (tertiary/aromatic N) is 1. The molecule has 0 saturated carbocycles. The molecule has 1 aliphatic rings. The predicted molar refractivity (Wildman–Crippen MR) is 96.8 cm³/mol. The van der Waals surface area contributed by atoms with Crippen LogP contribution in [0.15, 0.2) is 53.0 Å². The number of thiocarbonyl (C=S) groups is 1. The molecule has 1 aliphatic heterocycles. The zero-order chi connectivity index (χ0) is 16.6. The first-order valence-electron chi connectivity index (χ1n) is 6.89. The molecule has 23 heavy (non-hydrogen) atoms. The average molecular weight is 409 g/mol. The molecule has 0 spiro atoms. The van der Waals surface area contributed by atoms with Gasteiger partial charge in [0.15, 0.2) is 0 Å². The van der Waals surface area contributed by atoms with Gasteiger partial charge < -0.3 is 0 Å². The molecule has 0 aliphatic carbocycles. The first-order chi connectivity index (χ1) is 11.0. The van der Waals surface area contributed by atoms with Gasteiger partial charge in [0.05, 0.1) is 5.56 Å². The minimum Gasteiger partial charge on any atom is -0.286 e. The van der Waals surface area contributed by atoms with Gasteiger partial charge in [-0.25, -0.2) is 0 Å². The van der Waals surface area contributed by atoms with Gasteiger partial charge in [-0.2, -0.15) is 0 Å². The number of fused-ring (bicyclic) bond motifs is 1. The second-order valence-corrected chi connectivity index (χ2v) is 6.85. The monoisotopic (exact) mass is 407 g/mol. The molecule has 0 aromatic heterocycles. The maximum Gasteiger partial charge on any atom is 0.260 e. The van der Waals surface area contributed by atoms with Gasteiger partial charge >= 0.3 is 0 Å². The molecule has 3 rings (SSSR count). The van der Waals surface area contributed by atoms with Gasteiger partial charge in [0.1, 0.15) is 11.0 Å². The van der Waals surface area contributed by atoms with Crippen LogP contribution in [0, 0.1) is 0 Å². The summed E-state index contributed by atoms with van der Waals surface area (Å²) < 4.78 is 0.898. The molecule has 0 bridgehead atoms. The number of halogens is 2. The van der Waals surface area contributed by atoms with Gasteiger partial charge in [-0.05, 0) is 35.4 Å². The van der Waals surface area contributed by atoms with E-state index in [-0.39, 0.29) is 5.91 Å². The molecule has 0 saturated heterocycles. The van der Waals surface area contributed by atoms with E-state index in [1.54, 1.807) is 18.2 Å². The molecular weight excluding hydrogens is 398 g/mol. The van der Waals surface area contributed by atoms with Crippen LogP contribution >= 0.6 is 39.7 Å². The summed E-state index contributed by atoms with van der Waals surface area (Å²) in [5, 5.41) is -0.603. The van der Waals surface area contributed by atoms with Crippen LogP contribution in [0.4, 0.5) is 0 Å². The van der Waals surface area contributed by atoms with Crippen LogP contribution in [0.25, 0.3) is 0 Å². The lowest BCUT2D eigenvalue weighted by atomic mass is 10.1. The summed E-state index contributed by atoms with van der Waals surface area (Å²) in [5.74, 6) is -0.278. The van der Waals surface area contributed by atoms with Gasteiger partial charge in [0, 0.05) is 16.5 Å². The first kappa shape index (κ1) is 16.3. The topological polar surface area (TPSA) is 37.4 Å². The number of hydrogen-bond acceptors (Lipinski definition) is 3. The van der Waals surface area contributed by atoms with Crippen molar-refractivity contribution in [2.24, 2.45) is 0 Å². The Bertz CT molecular complexity index is 789. The van der Waals surface area contributed by atoms with Crippen LogP contribution in [0.5, 0.6) is 0 Å². The predicted octanol–water partition coefficient (Wildman–Crippen LogP) is 3.96. The summed E-state index contributed by atoms with van der Waals surface area (Å²) in [6.45, 7) is 0. The van der Waals surface area contributed by atoms with Crippen molar-refractivity contribution in [2.75, 3.05) is 0 Å². The first-order valence-corrected chi connectivity index (χ1v) is 8.47. The Kier molecular flexibility index (Phi) is 4.62. The number of carbonyl (C=O) groups excluding carboxylic acids is 2. The van der Waals surface area contributed by atoms with Crippen molar-refractivity contribution in [1.82, 2.24) is 4.90 Å². The highest BCUT2D eigenvalue weighted by Crippen LogP contribution is 2.28. The maximum atomic E-state index is 12.6. The minimum absolute atomic E-state index is 0.278. The van der Waals surface area contributed by atoms with E-state index in [2.05, 4.69) is 15.9 Å². The molecule has 0 N–H and O–H groups in total. The van der Waals surface area contributed by atoms with Crippen molar-refractivity contribution in [3.8, 4) is 0 Å². The quantitative estimate of drug-likeness (QED) is 0.568. The van der Waals surface area contributed by atoms with Gasteiger partial charge in [-0.3, -0.25) is 14.5 Å². The van der Waals surface area contributed by atoms with Gasteiger partial charge in [-0.1, -0.05) is 58.5 Å². The van der Waals surface area contributed by atoms with Crippen molar-refractivity contribution >= 4 is 55.9 Å². The van der Waals surface area contributed by atoms with Crippen molar-refractivity contribution in [3.05, 3.63) is 69.7 Å². The molecule has 116 valence electrons. The van der Waals surface area contributed by atoms with Crippen molar-refractivity contribution in [3.63, 3.8) is 0 Å². The maximum absolute atomic E-state index is 12.6. The SMILES string of the molecule is O=C(Cl)C(Cc1cccc(Br)c1)N1C(=O)c2ccccc2C1=S. The molecule has 1 amide bonds. The Morgan fingerprint density at radius 1 is 1.17 bits per heavy atom. The highest BCUT2D eigenvalue weighted by atomic mass is 79.9. The van der Waals surface area contributed by atoms with E-state index < -0.39 is 11.3 Å². The van der Waals surface area contributed by atoms with Crippen LogP contribution in [-0.4, -0.2) is 27.1 Å². The van der Waals surface area contributed by atoms with Crippen LogP contribution in [-0.2, 0) is 11.2 Å². The number of rotatable bonds is 4. The minimum atomic E-state index is -0.821. The molecule has 3 nitrogen and oxygen atoms in total. The fraction of sp³-hybridized carbons (Fsp3) is 0.118. The fourth-order valence-corrected chi connectivity index (χ4v) is 3.66. The van der Waals surface area contributed by atoms with Gasteiger partial charge in [0.2, 0.25) is 5.24 Å². The largest absolute Gasteiger partial charge is 0.286 e. The molecule has 1 atom stereocenters. The lowest BCUT2D eigenvalue weighted by Gasteiger charge is -2.25. The molecule has 0 fully saturated rings. The van der Waals surface area contributed by atoms with Crippen LogP contribution in [0.3, 0.4) is 0 Å². The van der Waals surface area contributed by atoms with E-state index in [4.69, 9.17) is 23.8 Å². The second kappa shape index (κ2) is 6.51. The number of carbonyl (C=O) groups is 2. The zero-order valence-electron chi connectivity index (χ0n) is 11.8. The lowest BCUT2D eigenvalue weighted by molar-refractivity contribution is -0.114. The summed E-state index contributed by atoms with van der Waals surface area (Å²) in [6, 6.07) is 13.8. The summed E-state index contributed by atoms with van der Waals surface area (Å²) in [4.78, 5) is 26.3. The molecular formula is C17H11BrClNO2S. The molecule has 6 heteroatoms. The van der Waals surface area contributed by atoms with E-state index in [1.807, 2.05) is 30.3 Å². The third-order valence-corrected chi connectivity index (χ3v) is 4.88. The number of benzene rings is 2. The molecule has 1 unspecified atom stereocenters. The van der Waals surface area contributed by atoms with E-state index in [0.717, 1.165) is 10.0 Å². The fourth-order valence-electron chi connectivity index (χ4n) is 2.65. The van der Waals surface area contributed by atoms with E-state index >= 15 is 0 Å². The Morgan fingerprint density at radius 2 is 1.87 bits per heavy atom. The third kappa shape index (κ3) is 3.09. The van der Waals surface area contributed by atoms with Crippen molar-refractivity contribution in [2.45, 2.75) is 12.5 Å². The van der Waals surface area contributed by atoms with Crippen LogP contribution in [0.1, 0.15) is 21.5 Å².